The molecule has 3 aliphatic rings. The maximum Gasteiger partial charge on any atom is 0.410 e. The van der Waals surface area contributed by atoms with E-state index < -0.39 is 11.2 Å². The summed E-state index contributed by atoms with van der Waals surface area (Å²) in [5.41, 5.74) is 2.77. The van der Waals surface area contributed by atoms with Crippen molar-refractivity contribution < 1.29 is 23.8 Å². The third-order valence-electron chi connectivity index (χ3n) is 9.39. The number of benzene rings is 1. The number of pyridine rings is 2. The fourth-order valence-corrected chi connectivity index (χ4v) is 7.06. The summed E-state index contributed by atoms with van der Waals surface area (Å²) >= 11 is 0. The SMILES string of the molecule is COc1ccc2c(N3CCC4(CCCN(C(=O)OC(C)(C)C)C4)C3)cc(-c3ccc(N4CCN(C(=O)OC(C)(C)C)CC4)nc3)nc2c1. The smallest absolute Gasteiger partial charge is 0.410 e. The lowest BCUT2D eigenvalue weighted by Gasteiger charge is -2.40. The van der Waals surface area contributed by atoms with Crippen molar-refractivity contribution in [2.75, 3.05) is 69.3 Å². The van der Waals surface area contributed by atoms with Gasteiger partial charge in [0, 0.05) is 86.7 Å². The Bertz CT molecular complexity index is 1640. The van der Waals surface area contributed by atoms with Crippen LogP contribution in [-0.4, -0.2) is 103 Å². The fourth-order valence-electron chi connectivity index (χ4n) is 7.06. The lowest BCUT2D eigenvalue weighted by molar-refractivity contribution is 0.00709. The Morgan fingerprint density at radius 3 is 2.12 bits per heavy atom. The Morgan fingerprint density at radius 2 is 1.48 bits per heavy atom. The summed E-state index contributed by atoms with van der Waals surface area (Å²) in [6.45, 7) is 17.2. The molecule has 3 aromatic rings. The van der Waals surface area contributed by atoms with Crippen LogP contribution < -0.4 is 14.5 Å². The summed E-state index contributed by atoms with van der Waals surface area (Å²) in [5, 5.41) is 1.07. The van der Waals surface area contributed by atoms with Gasteiger partial charge in [-0.05, 0) is 91.1 Å². The van der Waals surface area contributed by atoms with Gasteiger partial charge in [-0.25, -0.2) is 19.6 Å². The molecule has 0 saturated carbocycles. The first kappa shape index (κ1) is 33.6. The van der Waals surface area contributed by atoms with Gasteiger partial charge in [0.1, 0.15) is 22.8 Å². The highest BCUT2D eigenvalue weighted by molar-refractivity contribution is 5.95. The average molecular weight is 659 g/mol. The Hall–Kier alpha value is -4.28. The molecule has 1 spiro atoms. The van der Waals surface area contributed by atoms with Gasteiger partial charge in [0.25, 0.3) is 0 Å². The van der Waals surface area contributed by atoms with Crippen LogP contribution in [0.15, 0.2) is 42.6 Å². The maximum atomic E-state index is 13.0. The predicted octanol–water partition coefficient (Wildman–Crippen LogP) is 6.59. The molecule has 11 nitrogen and oxygen atoms in total. The molecule has 3 fully saturated rings. The number of fused-ring (bicyclic) bond motifs is 1. The molecule has 1 atom stereocenters. The van der Waals surface area contributed by atoms with E-state index in [1.54, 1.807) is 12.0 Å². The summed E-state index contributed by atoms with van der Waals surface area (Å²) in [7, 11) is 1.67. The normalized spacial score (nSPS) is 20.4. The molecule has 0 aliphatic carbocycles. The zero-order chi connectivity index (χ0) is 34.3. The van der Waals surface area contributed by atoms with Crippen LogP contribution in [0.25, 0.3) is 22.2 Å². The monoisotopic (exact) mass is 658 g/mol. The van der Waals surface area contributed by atoms with Gasteiger partial charge in [-0.3, -0.25) is 0 Å². The number of aromatic nitrogens is 2. The van der Waals surface area contributed by atoms with Crippen molar-refractivity contribution in [3.63, 3.8) is 0 Å². The Morgan fingerprint density at radius 1 is 0.771 bits per heavy atom. The van der Waals surface area contributed by atoms with Crippen LogP contribution >= 0.6 is 0 Å². The number of hydrogen-bond donors (Lipinski definition) is 0. The molecular weight excluding hydrogens is 608 g/mol. The number of carbonyl (C=O) groups is 2. The lowest BCUT2D eigenvalue weighted by Crippen LogP contribution is -2.50. The van der Waals surface area contributed by atoms with Crippen molar-refractivity contribution in [2.24, 2.45) is 5.41 Å². The van der Waals surface area contributed by atoms with E-state index in [1.807, 2.05) is 70.8 Å². The van der Waals surface area contributed by atoms with Crippen LogP contribution in [-0.2, 0) is 9.47 Å². The standard InChI is InChI=1S/C37H50N6O5/c1-35(2,3)47-33(44)41-19-17-40(18-20-41)32-12-9-26(23-38-32)29-22-31(28-11-10-27(46-7)21-30(28)39-29)42-16-14-37(24-42)13-8-15-43(25-37)34(45)48-36(4,5)6/h9-12,21-23H,8,13-20,24-25H2,1-7H3. The van der Waals surface area contributed by atoms with E-state index in [2.05, 4.69) is 28.0 Å². The van der Waals surface area contributed by atoms with E-state index in [9.17, 15) is 9.59 Å². The van der Waals surface area contributed by atoms with Crippen molar-refractivity contribution in [2.45, 2.75) is 72.0 Å². The molecule has 2 amide bonds. The molecule has 0 radical (unpaired) electrons. The Kier molecular flexibility index (Phi) is 9.08. The molecule has 1 aromatic carbocycles. The van der Waals surface area contributed by atoms with E-state index in [0.717, 1.165) is 78.3 Å². The number of rotatable bonds is 4. The van der Waals surface area contributed by atoms with E-state index in [4.69, 9.17) is 24.2 Å². The third kappa shape index (κ3) is 7.55. The number of piperidine rings is 1. The fraction of sp³-hybridized carbons (Fsp3) is 0.568. The van der Waals surface area contributed by atoms with Crippen molar-refractivity contribution in [1.82, 2.24) is 19.8 Å². The van der Waals surface area contributed by atoms with Crippen molar-refractivity contribution in [3.8, 4) is 17.0 Å². The minimum Gasteiger partial charge on any atom is -0.497 e. The molecule has 258 valence electrons. The first-order chi connectivity index (χ1) is 22.7. The number of anilines is 2. The van der Waals surface area contributed by atoms with Crippen LogP contribution in [0.5, 0.6) is 5.75 Å². The van der Waals surface area contributed by atoms with Gasteiger partial charge < -0.3 is 33.8 Å². The number of amides is 2. The largest absolute Gasteiger partial charge is 0.497 e. The number of likely N-dealkylation sites (tertiary alicyclic amines) is 1. The van der Waals surface area contributed by atoms with Crippen molar-refractivity contribution >= 4 is 34.6 Å². The third-order valence-corrected chi connectivity index (χ3v) is 9.39. The number of carbonyl (C=O) groups excluding carboxylic acids is 2. The molecule has 5 heterocycles. The van der Waals surface area contributed by atoms with Gasteiger partial charge in [0.15, 0.2) is 0 Å². The van der Waals surface area contributed by atoms with E-state index in [-0.39, 0.29) is 17.6 Å². The van der Waals surface area contributed by atoms with Crippen LogP contribution in [0.4, 0.5) is 21.1 Å². The van der Waals surface area contributed by atoms with Gasteiger partial charge in [0.2, 0.25) is 0 Å². The summed E-state index contributed by atoms with van der Waals surface area (Å²) in [6, 6.07) is 12.4. The Labute approximate surface area is 284 Å². The van der Waals surface area contributed by atoms with Gasteiger partial charge in [0.05, 0.1) is 18.3 Å². The van der Waals surface area contributed by atoms with Gasteiger partial charge in [-0.15, -0.1) is 0 Å². The molecule has 3 aliphatic heterocycles. The number of ether oxygens (including phenoxy) is 3. The molecule has 3 saturated heterocycles. The van der Waals surface area contributed by atoms with Gasteiger partial charge in [-0.2, -0.15) is 0 Å². The van der Waals surface area contributed by atoms with Crippen LogP contribution in [0.1, 0.15) is 60.8 Å². The minimum atomic E-state index is -0.513. The topological polar surface area (TPSA) is 101 Å². The summed E-state index contributed by atoms with van der Waals surface area (Å²) in [4.78, 5) is 43.7. The van der Waals surface area contributed by atoms with Crippen molar-refractivity contribution in [1.29, 1.82) is 0 Å². The highest BCUT2D eigenvalue weighted by Gasteiger charge is 2.43. The average Bonchev–Trinajstić information content (AvgIpc) is 3.44. The second-order valence-corrected chi connectivity index (χ2v) is 15.4. The zero-order valence-corrected chi connectivity index (χ0v) is 29.5. The lowest BCUT2D eigenvalue weighted by atomic mass is 9.79. The molecular formula is C37H50N6O5. The molecule has 1 unspecified atom stereocenters. The second-order valence-electron chi connectivity index (χ2n) is 15.4. The summed E-state index contributed by atoms with van der Waals surface area (Å²) in [6.07, 6.45) is 4.47. The highest BCUT2D eigenvalue weighted by Crippen LogP contribution is 2.43. The van der Waals surface area contributed by atoms with Crippen molar-refractivity contribution in [3.05, 3.63) is 42.6 Å². The number of methoxy groups -OCH3 is 1. The quantitative estimate of drug-likeness (QED) is 0.307. The first-order valence-electron chi connectivity index (χ1n) is 17.1. The first-order valence-corrected chi connectivity index (χ1v) is 17.1. The molecule has 48 heavy (non-hydrogen) atoms. The van der Waals surface area contributed by atoms with Gasteiger partial charge in [-0.1, -0.05) is 0 Å². The van der Waals surface area contributed by atoms with Crippen LogP contribution in [0, 0.1) is 5.41 Å². The molecule has 0 bridgehead atoms. The Balaban J connectivity index is 1.21. The second kappa shape index (κ2) is 13.0. The predicted molar refractivity (Wildman–Crippen MR) is 188 cm³/mol. The maximum absolute atomic E-state index is 13.0. The van der Waals surface area contributed by atoms with E-state index in [0.29, 0.717) is 32.7 Å². The van der Waals surface area contributed by atoms with Crippen LogP contribution in [0.3, 0.4) is 0 Å². The molecule has 0 N–H and O–H groups in total. The molecule has 11 heteroatoms. The van der Waals surface area contributed by atoms with E-state index in [1.165, 1.54) is 0 Å². The number of nitrogens with zero attached hydrogens (tertiary/aromatic N) is 6. The number of hydrogen-bond acceptors (Lipinski definition) is 9. The van der Waals surface area contributed by atoms with E-state index >= 15 is 0 Å². The highest BCUT2D eigenvalue weighted by atomic mass is 16.6. The summed E-state index contributed by atoms with van der Waals surface area (Å²) in [5.74, 6) is 1.63. The molecule has 6 rings (SSSR count). The summed E-state index contributed by atoms with van der Waals surface area (Å²) < 4.78 is 16.9. The van der Waals surface area contributed by atoms with Crippen LogP contribution in [0.2, 0.25) is 0 Å². The molecule has 2 aromatic heterocycles. The zero-order valence-electron chi connectivity index (χ0n) is 29.5. The van der Waals surface area contributed by atoms with Gasteiger partial charge >= 0.3 is 12.2 Å². The minimum absolute atomic E-state index is 0.0219. The number of piperazine rings is 1.